The minimum Gasteiger partial charge on any atom is -0.377 e. The van der Waals surface area contributed by atoms with Crippen LogP contribution in [0.3, 0.4) is 0 Å². The molecule has 1 N–H and O–H groups in total. The van der Waals surface area contributed by atoms with Gasteiger partial charge >= 0.3 is 0 Å². The lowest BCUT2D eigenvalue weighted by Gasteiger charge is -2.35. The molecular formula is C13H19ClN2OS. The highest BCUT2D eigenvalue weighted by Crippen LogP contribution is 2.23. The van der Waals surface area contributed by atoms with Gasteiger partial charge in [0.15, 0.2) is 0 Å². The molecule has 1 aliphatic rings. The van der Waals surface area contributed by atoms with Crippen molar-refractivity contribution in [3.8, 4) is 0 Å². The van der Waals surface area contributed by atoms with Crippen molar-refractivity contribution in [2.24, 2.45) is 0 Å². The molecule has 0 bridgehead atoms. The molecule has 0 aliphatic carbocycles. The van der Waals surface area contributed by atoms with E-state index in [1.807, 2.05) is 24.3 Å². The minimum absolute atomic E-state index is 0.373. The number of aliphatic hydroxyl groups is 1. The summed E-state index contributed by atoms with van der Waals surface area (Å²) in [6.07, 6.45) is -0.373. The highest BCUT2D eigenvalue weighted by molar-refractivity contribution is 7.99. The van der Waals surface area contributed by atoms with E-state index in [0.29, 0.717) is 5.75 Å². The van der Waals surface area contributed by atoms with E-state index in [4.69, 9.17) is 11.6 Å². The lowest BCUT2D eigenvalue weighted by molar-refractivity contribution is -0.00492. The van der Waals surface area contributed by atoms with Gasteiger partial charge in [0, 0.05) is 41.8 Å². The molecule has 0 amide bonds. The summed E-state index contributed by atoms with van der Waals surface area (Å²) in [6.45, 7) is 3.93. The molecule has 5 heteroatoms. The van der Waals surface area contributed by atoms with Crippen LogP contribution in [-0.2, 0) is 0 Å². The van der Waals surface area contributed by atoms with Gasteiger partial charge in [-0.3, -0.25) is 4.90 Å². The molecule has 0 aromatic heterocycles. The molecule has 1 saturated heterocycles. The summed E-state index contributed by atoms with van der Waals surface area (Å²) >= 11 is 7.58. The van der Waals surface area contributed by atoms with E-state index in [1.165, 1.54) is 0 Å². The molecule has 1 atom stereocenters. The third-order valence-corrected chi connectivity index (χ3v) is 4.44. The van der Waals surface area contributed by atoms with Crippen LogP contribution in [0, 0.1) is 0 Å². The highest BCUT2D eigenvalue weighted by Gasteiger charge is 2.20. The fourth-order valence-electron chi connectivity index (χ4n) is 1.95. The Morgan fingerprint density at radius 1 is 1.33 bits per heavy atom. The van der Waals surface area contributed by atoms with Crippen molar-refractivity contribution in [2.45, 2.75) is 11.1 Å². The predicted octanol–water partition coefficient (Wildman–Crippen LogP) is 2.00. The Morgan fingerprint density at radius 3 is 2.72 bits per heavy atom. The number of benzene rings is 1. The summed E-state index contributed by atoms with van der Waals surface area (Å²) in [4.78, 5) is 5.53. The van der Waals surface area contributed by atoms with Gasteiger partial charge in [0.1, 0.15) is 6.23 Å². The van der Waals surface area contributed by atoms with Crippen LogP contribution >= 0.6 is 23.4 Å². The van der Waals surface area contributed by atoms with Gasteiger partial charge in [0.25, 0.3) is 0 Å². The maximum Gasteiger partial charge on any atom is 0.116 e. The Kier molecular flexibility index (Phi) is 5.33. The molecule has 1 aliphatic heterocycles. The largest absolute Gasteiger partial charge is 0.377 e. The van der Waals surface area contributed by atoms with Crippen molar-refractivity contribution in [1.82, 2.24) is 9.80 Å². The number of piperazine rings is 1. The summed E-state index contributed by atoms with van der Waals surface area (Å²) < 4.78 is 0. The zero-order chi connectivity index (χ0) is 13.0. The molecule has 1 fully saturated rings. The van der Waals surface area contributed by atoms with Crippen LogP contribution in [0.2, 0.25) is 5.02 Å². The van der Waals surface area contributed by atoms with Gasteiger partial charge in [-0.1, -0.05) is 17.7 Å². The van der Waals surface area contributed by atoms with Gasteiger partial charge in [-0.25, -0.2) is 0 Å². The normalized spacial score (nSPS) is 19.9. The fourth-order valence-corrected chi connectivity index (χ4v) is 3.15. The first kappa shape index (κ1) is 14.2. The average molecular weight is 287 g/mol. The van der Waals surface area contributed by atoms with Crippen LogP contribution in [0.4, 0.5) is 0 Å². The molecule has 18 heavy (non-hydrogen) atoms. The third-order valence-electron chi connectivity index (χ3n) is 3.15. The van der Waals surface area contributed by atoms with E-state index in [-0.39, 0.29) is 6.23 Å². The molecule has 0 saturated carbocycles. The topological polar surface area (TPSA) is 26.7 Å². The summed E-state index contributed by atoms with van der Waals surface area (Å²) in [5.41, 5.74) is 0. The number of aliphatic hydroxyl groups excluding tert-OH is 1. The Hall–Kier alpha value is -0.260. The monoisotopic (exact) mass is 286 g/mol. The van der Waals surface area contributed by atoms with Crippen LogP contribution in [0.1, 0.15) is 0 Å². The summed E-state index contributed by atoms with van der Waals surface area (Å²) in [7, 11) is 2.12. The number of rotatable bonds is 4. The van der Waals surface area contributed by atoms with E-state index in [1.54, 1.807) is 11.8 Å². The molecule has 1 heterocycles. The van der Waals surface area contributed by atoms with Gasteiger partial charge < -0.3 is 10.0 Å². The number of likely N-dealkylation sites (N-methyl/N-ethyl adjacent to an activating group) is 1. The van der Waals surface area contributed by atoms with Crippen molar-refractivity contribution in [3.63, 3.8) is 0 Å². The molecule has 100 valence electrons. The Balaban J connectivity index is 1.79. The van der Waals surface area contributed by atoms with Crippen LogP contribution in [0.25, 0.3) is 0 Å². The predicted molar refractivity (Wildman–Crippen MR) is 77.3 cm³/mol. The minimum atomic E-state index is -0.373. The van der Waals surface area contributed by atoms with Crippen molar-refractivity contribution < 1.29 is 5.11 Å². The number of thioether (sulfide) groups is 1. The van der Waals surface area contributed by atoms with Gasteiger partial charge in [-0.15, -0.1) is 11.8 Å². The lowest BCUT2D eigenvalue weighted by atomic mass is 10.3. The Bertz CT molecular complexity index is 383. The maximum atomic E-state index is 10.1. The standard InChI is InChI=1S/C13H19ClN2OS/c1-15-5-7-16(8-6-15)13(17)10-18-12-4-2-3-11(14)9-12/h2-4,9,13,17H,5-8,10H2,1H3. The zero-order valence-electron chi connectivity index (χ0n) is 10.6. The number of hydrogen-bond donors (Lipinski definition) is 1. The molecule has 1 aromatic rings. The van der Waals surface area contributed by atoms with Crippen molar-refractivity contribution >= 4 is 23.4 Å². The zero-order valence-corrected chi connectivity index (χ0v) is 12.1. The first-order valence-corrected chi connectivity index (χ1v) is 7.50. The molecular weight excluding hydrogens is 268 g/mol. The first-order chi connectivity index (χ1) is 8.65. The van der Waals surface area contributed by atoms with Crippen molar-refractivity contribution in [3.05, 3.63) is 29.3 Å². The average Bonchev–Trinajstić information content (AvgIpc) is 2.37. The van der Waals surface area contributed by atoms with Crippen LogP contribution in [0.15, 0.2) is 29.2 Å². The van der Waals surface area contributed by atoms with E-state index in [2.05, 4.69) is 16.8 Å². The van der Waals surface area contributed by atoms with Crippen LogP contribution in [-0.4, -0.2) is 60.1 Å². The second-order valence-electron chi connectivity index (χ2n) is 4.59. The summed E-state index contributed by atoms with van der Waals surface area (Å²) in [6, 6.07) is 7.76. The van der Waals surface area contributed by atoms with E-state index in [9.17, 15) is 5.11 Å². The Labute approximate surface area is 118 Å². The SMILES string of the molecule is CN1CCN(C(O)CSc2cccc(Cl)c2)CC1. The number of halogens is 1. The van der Waals surface area contributed by atoms with E-state index >= 15 is 0 Å². The van der Waals surface area contributed by atoms with Crippen molar-refractivity contribution in [2.75, 3.05) is 39.0 Å². The first-order valence-electron chi connectivity index (χ1n) is 6.14. The van der Waals surface area contributed by atoms with Gasteiger partial charge in [-0.05, 0) is 25.2 Å². The second-order valence-corrected chi connectivity index (χ2v) is 6.12. The van der Waals surface area contributed by atoms with Crippen LogP contribution < -0.4 is 0 Å². The summed E-state index contributed by atoms with van der Waals surface area (Å²) in [5.74, 6) is 0.685. The molecule has 1 unspecified atom stereocenters. The third kappa shape index (κ3) is 4.14. The molecule has 2 rings (SSSR count). The Morgan fingerprint density at radius 2 is 2.06 bits per heavy atom. The van der Waals surface area contributed by atoms with Crippen LogP contribution in [0.5, 0.6) is 0 Å². The van der Waals surface area contributed by atoms with E-state index < -0.39 is 0 Å². The number of nitrogens with zero attached hydrogens (tertiary/aromatic N) is 2. The van der Waals surface area contributed by atoms with Gasteiger partial charge in [0.05, 0.1) is 0 Å². The molecule has 1 aromatic carbocycles. The quantitative estimate of drug-likeness (QED) is 0.857. The van der Waals surface area contributed by atoms with E-state index in [0.717, 1.165) is 36.1 Å². The lowest BCUT2D eigenvalue weighted by Crippen LogP contribution is -2.49. The fraction of sp³-hybridized carbons (Fsp3) is 0.538. The summed E-state index contributed by atoms with van der Waals surface area (Å²) in [5, 5.41) is 10.9. The molecule has 3 nitrogen and oxygen atoms in total. The van der Waals surface area contributed by atoms with Gasteiger partial charge in [-0.2, -0.15) is 0 Å². The highest BCUT2D eigenvalue weighted by atomic mass is 35.5. The molecule has 0 radical (unpaired) electrons. The number of hydrogen-bond acceptors (Lipinski definition) is 4. The molecule has 0 spiro atoms. The van der Waals surface area contributed by atoms with Crippen molar-refractivity contribution in [1.29, 1.82) is 0 Å². The smallest absolute Gasteiger partial charge is 0.116 e. The maximum absolute atomic E-state index is 10.1. The second kappa shape index (κ2) is 6.78. The van der Waals surface area contributed by atoms with Gasteiger partial charge in [0.2, 0.25) is 0 Å².